The number of hydrogen-bond acceptors (Lipinski definition) is 3. The molecule has 2 saturated heterocycles. The smallest absolute Gasteiger partial charge is 0.266 e. The van der Waals surface area contributed by atoms with Gasteiger partial charge < -0.3 is 15.3 Å². The normalized spacial score (nSPS) is 33.7. The van der Waals surface area contributed by atoms with E-state index in [2.05, 4.69) is 5.32 Å². The monoisotopic (exact) mass is 302 g/mol. The highest BCUT2D eigenvalue weighted by Gasteiger charge is 2.56. The molecule has 5 nitrogen and oxygen atoms in total. The first-order valence-electron chi connectivity index (χ1n) is 7.40. The minimum Gasteiger partial charge on any atom is -0.389 e. The maximum Gasteiger partial charge on any atom is 0.266 e. The van der Waals surface area contributed by atoms with Crippen LogP contribution in [-0.2, 0) is 9.59 Å². The SMILES string of the molecule is O=C(CC1(O)CCC1)N1CC(F)(F)C[C@]2(CCNC2=O)C1. The molecule has 2 heterocycles. The van der Waals surface area contributed by atoms with Crippen LogP contribution in [0.5, 0.6) is 0 Å². The van der Waals surface area contributed by atoms with Gasteiger partial charge in [0.15, 0.2) is 0 Å². The van der Waals surface area contributed by atoms with Crippen molar-refractivity contribution in [3.8, 4) is 0 Å². The molecule has 0 unspecified atom stereocenters. The van der Waals surface area contributed by atoms with E-state index in [4.69, 9.17) is 0 Å². The highest BCUT2D eigenvalue weighted by Crippen LogP contribution is 2.44. The molecule has 7 heteroatoms. The minimum absolute atomic E-state index is 0.0311. The van der Waals surface area contributed by atoms with Gasteiger partial charge in [0.05, 0.1) is 24.0 Å². The van der Waals surface area contributed by atoms with Crippen LogP contribution >= 0.6 is 0 Å². The summed E-state index contributed by atoms with van der Waals surface area (Å²) in [7, 11) is 0. The minimum atomic E-state index is -3.06. The first kappa shape index (κ1) is 14.7. The van der Waals surface area contributed by atoms with E-state index in [0.717, 1.165) is 11.3 Å². The van der Waals surface area contributed by atoms with Gasteiger partial charge in [0.1, 0.15) is 0 Å². The Kier molecular flexibility index (Phi) is 3.24. The number of amides is 2. The van der Waals surface area contributed by atoms with Crippen molar-refractivity contribution in [2.45, 2.75) is 50.0 Å². The number of alkyl halides is 2. The van der Waals surface area contributed by atoms with Crippen LogP contribution in [0.1, 0.15) is 38.5 Å². The number of aliphatic hydroxyl groups is 1. The van der Waals surface area contributed by atoms with Crippen LogP contribution in [0.4, 0.5) is 8.78 Å². The molecule has 118 valence electrons. The quantitative estimate of drug-likeness (QED) is 0.787. The van der Waals surface area contributed by atoms with E-state index in [-0.39, 0.29) is 18.9 Å². The Hall–Kier alpha value is -1.24. The number of piperidine rings is 1. The van der Waals surface area contributed by atoms with Gasteiger partial charge in [-0.25, -0.2) is 8.78 Å². The third-order valence-corrected chi connectivity index (χ3v) is 5.00. The molecule has 3 aliphatic rings. The fourth-order valence-electron chi connectivity index (χ4n) is 3.67. The molecular weight excluding hydrogens is 282 g/mol. The van der Waals surface area contributed by atoms with E-state index in [9.17, 15) is 23.5 Å². The van der Waals surface area contributed by atoms with Gasteiger partial charge in [0.25, 0.3) is 5.92 Å². The van der Waals surface area contributed by atoms with Gasteiger partial charge in [-0.15, -0.1) is 0 Å². The lowest BCUT2D eigenvalue weighted by Crippen LogP contribution is -2.58. The van der Waals surface area contributed by atoms with E-state index in [1.54, 1.807) is 0 Å². The molecule has 2 N–H and O–H groups in total. The Labute approximate surface area is 121 Å². The molecule has 1 saturated carbocycles. The first-order valence-corrected chi connectivity index (χ1v) is 7.40. The van der Waals surface area contributed by atoms with Crippen molar-refractivity contribution in [3.05, 3.63) is 0 Å². The third-order valence-electron chi connectivity index (χ3n) is 5.00. The summed E-state index contributed by atoms with van der Waals surface area (Å²) in [6.45, 7) is -0.249. The number of nitrogens with zero attached hydrogens (tertiary/aromatic N) is 1. The molecule has 1 aliphatic carbocycles. The fourth-order valence-corrected chi connectivity index (χ4v) is 3.67. The molecule has 21 heavy (non-hydrogen) atoms. The van der Waals surface area contributed by atoms with Crippen molar-refractivity contribution in [1.29, 1.82) is 0 Å². The highest BCUT2D eigenvalue weighted by atomic mass is 19.3. The number of rotatable bonds is 2. The summed E-state index contributed by atoms with van der Waals surface area (Å²) >= 11 is 0. The van der Waals surface area contributed by atoms with Crippen LogP contribution < -0.4 is 5.32 Å². The van der Waals surface area contributed by atoms with Gasteiger partial charge in [-0.1, -0.05) is 0 Å². The molecule has 1 spiro atoms. The van der Waals surface area contributed by atoms with Crippen LogP contribution in [0.2, 0.25) is 0 Å². The van der Waals surface area contributed by atoms with E-state index in [1.165, 1.54) is 0 Å². The third kappa shape index (κ3) is 2.63. The zero-order valence-electron chi connectivity index (χ0n) is 11.8. The van der Waals surface area contributed by atoms with Crippen molar-refractivity contribution in [2.24, 2.45) is 5.41 Å². The summed E-state index contributed by atoms with van der Waals surface area (Å²) in [5, 5.41) is 12.6. The predicted molar refractivity (Wildman–Crippen MR) is 69.6 cm³/mol. The molecule has 0 aromatic carbocycles. The maximum atomic E-state index is 14.0. The van der Waals surface area contributed by atoms with Crippen molar-refractivity contribution < 1.29 is 23.5 Å². The summed E-state index contributed by atoms with van der Waals surface area (Å²) < 4.78 is 28.0. The Morgan fingerprint density at radius 2 is 2.00 bits per heavy atom. The van der Waals surface area contributed by atoms with Crippen LogP contribution in [-0.4, -0.2) is 53.0 Å². The van der Waals surface area contributed by atoms with Crippen molar-refractivity contribution in [3.63, 3.8) is 0 Å². The van der Waals surface area contributed by atoms with Crippen LogP contribution in [0.25, 0.3) is 0 Å². The van der Waals surface area contributed by atoms with Gasteiger partial charge in [0, 0.05) is 19.5 Å². The number of nitrogens with one attached hydrogen (secondary N) is 1. The number of halogens is 2. The lowest BCUT2D eigenvalue weighted by Gasteiger charge is -2.44. The molecule has 3 fully saturated rings. The number of carbonyl (C=O) groups is 2. The maximum absolute atomic E-state index is 14.0. The summed E-state index contributed by atoms with van der Waals surface area (Å²) in [4.78, 5) is 25.2. The molecule has 0 aromatic rings. The molecule has 0 radical (unpaired) electrons. The second-order valence-electron chi connectivity index (χ2n) is 6.82. The standard InChI is InChI=1S/C14H20F2N2O3/c15-14(16)7-12(4-5-17-11(12)20)8-18(9-14)10(19)6-13(21)2-1-3-13/h21H,1-9H2,(H,17,20)/t12-/m1/s1. The van der Waals surface area contributed by atoms with Crippen molar-refractivity contribution in [2.75, 3.05) is 19.6 Å². The first-order chi connectivity index (χ1) is 9.74. The Balaban J connectivity index is 1.75. The summed E-state index contributed by atoms with van der Waals surface area (Å²) in [5.41, 5.74) is -2.20. The number of hydrogen-bond donors (Lipinski definition) is 2. The number of carbonyl (C=O) groups excluding carboxylic acids is 2. The molecule has 0 aromatic heterocycles. The predicted octanol–water partition coefficient (Wildman–Crippen LogP) is 0.665. The summed E-state index contributed by atoms with van der Waals surface area (Å²) in [6, 6.07) is 0. The largest absolute Gasteiger partial charge is 0.389 e. The zero-order chi connectivity index (χ0) is 15.3. The molecular formula is C14H20F2N2O3. The van der Waals surface area contributed by atoms with Gasteiger partial charge in [-0.2, -0.15) is 0 Å². The average Bonchev–Trinajstić information content (AvgIpc) is 2.66. The lowest BCUT2D eigenvalue weighted by molar-refractivity contribution is -0.165. The Morgan fingerprint density at radius 3 is 2.52 bits per heavy atom. The summed E-state index contributed by atoms with van der Waals surface area (Å²) in [6.07, 6.45) is 1.63. The van der Waals surface area contributed by atoms with Gasteiger partial charge in [0.2, 0.25) is 11.8 Å². The highest BCUT2D eigenvalue weighted by molar-refractivity contribution is 5.86. The van der Waals surface area contributed by atoms with E-state index >= 15 is 0 Å². The zero-order valence-corrected chi connectivity index (χ0v) is 11.8. The van der Waals surface area contributed by atoms with Gasteiger partial charge >= 0.3 is 0 Å². The van der Waals surface area contributed by atoms with E-state index < -0.39 is 35.8 Å². The Bertz CT molecular complexity index is 479. The fraction of sp³-hybridized carbons (Fsp3) is 0.857. The Morgan fingerprint density at radius 1 is 1.29 bits per heavy atom. The second kappa shape index (κ2) is 4.63. The lowest BCUT2D eigenvalue weighted by atomic mass is 9.75. The topological polar surface area (TPSA) is 69.6 Å². The molecule has 0 bridgehead atoms. The van der Waals surface area contributed by atoms with Gasteiger partial charge in [-0.3, -0.25) is 9.59 Å². The number of likely N-dealkylation sites (tertiary alicyclic amines) is 1. The molecule has 1 atom stereocenters. The van der Waals surface area contributed by atoms with Crippen LogP contribution in [0, 0.1) is 5.41 Å². The molecule has 2 amide bonds. The second-order valence-corrected chi connectivity index (χ2v) is 6.82. The molecule has 2 aliphatic heterocycles. The van der Waals surface area contributed by atoms with E-state index in [0.29, 0.717) is 25.8 Å². The average molecular weight is 302 g/mol. The van der Waals surface area contributed by atoms with Crippen molar-refractivity contribution >= 4 is 11.8 Å². The van der Waals surface area contributed by atoms with Gasteiger partial charge in [-0.05, 0) is 25.7 Å². The van der Waals surface area contributed by atoms with Crippen LogP contribution in [0.15, 0.2) is 0 Å². The van der Waals surface area contributed by atoms with E-state index in [1.807, 2.05) is 0 Å². The molecule has 3 rings (SSSR count). The van der Waals surface area contributed by atoms with Crippen molar-refractivity contribution in [1.82, 2.24) is 10.2 Å². The van der Waals surface area contributed by atoms with Crippen LogP contribution in [0.3, 0.4) is 0 Å². The summed E-state index contributed by atoms with van der Waals surface area (Å²) in [5.74, 6) is -3.92.